The van der Waals surface area contributed by atoms with E-state index in [1.807, 2.05) is 19.2 Å². The van der Waals surface area contributed by atoms with Crippen LogP contribution in [0.4, 0.5) is 0 Å². The fourth-order valence-corrected chi connectivity index (χ4v) is 3.53. The van der Waals surface area contributed by atoms with Crippen LogP contribution < -0.4 is 0 Å². The fraction of sp³-hybridized carbons (Fsp3) is 0.333. The Kier molecular flexibility index (Phi) is 6.81. The van der Waals surface area contributed by atoms with Crippen LogP contribution in [0.25, 0.3) is 10.8 Å². The third-order valence-electron chi connectivity index (χ3n) is 5.46. The maximum Gasteiger partial charge on any atom is 0.0815 e. The monoisotopic (exact) mass is 379 g/mol. The van der Waals surface area contributed by atoms with Crippen molar-refractivity contribution in [2.75, 3.05) is 13.6 Å². The van der Waals surface area contributed by atoms with E-state index in [2.05, 4.69) is 42.2 Å². The topological polar surface area (TPSA) is 63.9 Å². The van der Waals surface area contributed by atoms with E-state index < -0.39 is 12.2 Å². The summed E-state index contributed by atoms with van der Waals surface area (Å²) in [5, 5.41) is 32.4. The van der Waals surface area contributed by atoms with Gasteiger partial charge in [0.2, 0.25) is 0 Å². The highest BCUT2D eigenvalue weighted by atomic mass is 16.3. The molecule has 0 fully saturated rings. The number of likely N-dealkylation sites (N-methyl/N-ethyl adjacent to an activating group) is 1. The molecule has 0 aliphatic rings. The Morgan fingerprint density at radius 3 is 2.18 bits per heavy atom. The Morgan fingerprint density at radius 2 is 1.50 bits per heavy atom. The second-order valence-electron chi connectivity index (χ2n) is 7.53. The second kappa shape index (κ2) is 9.30. The van der Waals surface area contributed by atoms with E-state index in [4.69, 9.17) is 5.11 Å². The van der Waals surface area contributed by atoms with Gasteiger partial charge in [0.05, 0.1) is 18.8 Å². The Morgan fingerprint density at radius 1 is 0.857 bits per heavy atom. The standard InChI is InChI=1S/C24H29NO3/c1-17(21-12-11-19-5-3-4-6-22(19)13-21)25(2)15-23(27)14-24(28)20-9-7-18(16-26)8-10-20/h3-13,17,23-24,26-28H,14-16H2,1-2H3/t17-,23-,24+/m1/s1. The fourth-order valence-electron chi connectivity index (χ4n) is 3.53. The van der Waals surface area contributed by atoms with Crippen LogP contribution in [-0.4, -0.2) is 39.9 Å². The van der Waals surface area contributed by atoms with E-state index in [1.54, 1.807) is 24.3 Å². The van der Waals surface area contributed by atoms with Crippen molar-refractivity contribution in [1.82, 2.24) is 4.90 Å². The lowest BCUT2D eigenvalue weighted by atomic mass is 10.00. The van der Waals surface area contributed by atoms with Gasteiger partial charge < -0.3 is 15.3 Å². The lowest BCUT2D eigenvalue weighted by Crippen LogP contribution is -2.32. The van der Waals surface area contributed by atoms with E-state index in [0.29, 0.717) is 6.54 Å². The minimum absolute atomic E-state index is 0.0174. The van der Waals surface area contributed by atoms with E-state index in [0.717, 1.165) is 11.1 Å². The smallest absolute Gasteiger partial charge is 0.0815 e. The largest absolute Gasteiger partial charge is 0.392 e. The van der Waals surface area contributed by atoms with Crippen LogP contribution in [0.3, 0.4) is 0 Å². The molecular weight excluding hydrogens is 350 g/mol. The van der Waals surface area contributed by atoms with Gasteiger partial charge in [0.15, 0.2) is 0 Å². The number of aliphatic hydroxyl groups is 3. The minimum atomic E-state index is -0.730. The highest BCUT2D eigenvalue weighted by Crippen LogP contribution is 2.25. The van der Waals surface area contributed by atoms with Crippen LogP contribution in [0.5, 0.6) is 0 Å². The average molecular weight is 380 g/mol. The number of benzene rings is 3. The number of nitrogens with zero attached hydrogens (tertiary/aromatic N) is 1. The number of fused-ring (bicyclic) bond motifs is 1. The molecular formula is C24H29NO3. The summed E-state index contributed by atoms with van der Waals surface area (Å²) in [6.45, 7) is 2.58. The number of hydrogen-bond acceptors (Lipinski definition) is 4. The minimum Gasteiger partial charge on any atom is -0.392 e. The molecule has 28 heavy (non-hydrogen) atoms. The van der Waals surface area contributed by atoms with Crippen molar-refractivity contribution in [2.24, 2.45) is 0 Å². The molecule has 0 aliphatic carbocycles. The van der Waals surface area contributed by atoms with Crippen LogP contribution >= 0.6 is 0 Å². The molecule has 3 aromatic carbocycles. The summed E-state index contributed by atoms with van der Waals surface area (Å²) in [6, 6.07) is 22.1. The van der Waals surface area contributed by atoms with Gasteiger partial charge in [-0.1, -0.05) is 60.7 Å². The normalized spacial score (nSPS) is 14.9. The molecule has 0 aliphatic heterocycles. The van der Waals surface area contributed by atoms with Crippen molar-refractivity contribution in [3.05, 3.63) is 83.4 Å². The molecule has 148 valence electrons. The molecule has 0 heterocycles. The zero-order valence-corrected chi connectivity index (χ0v) is 16.5. The maximum atomic E-state index is 10.5. The molecule has 0 unspecified atom stereocenters. The average Bonchev–Trinajstić information content (AvgIpc) is 2.72. The summed E-state index contributed by atoms with van der Waals surface area (Å²) in [7, 11) is 1.99. The third kappa shape index (κ3) is 4.97. The van der Waals surface area contributed by atoms with E-state index in [9.17, 15) is 10.2 Å². The molecule has 0 aromatic heterocycles. The molecule has 4 heteroatoms. The van der Waals surface area contributed by atoms with E-state index in [-0.39, 0.29) is 19.1 Å². The van der Waals surface area contributed by atoms with Crippen molar-refractivity contribution >= 4 is 10.8 Å². The lowest BCUT2D eigenvalue weighted by molar-refractivity contribution is 0.0514. The molecule has 3 aromatic rings. The molecule has 3 atom stereocenters. The van der Waals surface area contributed by atoms with E-state index >= 15 is 0 Å². The second-order valence-corrected chi connectivity index (χ2v) is 7.53. The van der Waals surface area contributed by atoms with Crippen LogP contribution in [0, 0.1) is 0 Å². The summed E-state index contributed by atoms with van der Waals surface area (Å²) in [6.07, 6.45) is -1.10. The van der Waals surface area contributed by atoms with Crippen molar-refractivity contribution in [3.8, 4) is 0 Å². The van der Waals surface area contributed by atoms with Crippen LogP contribution in [-0.2, 0) is 6.61 Å². The van der Waals surface area contributed by atoms with Gasteiger partial charge in [-0.05, 0) is 47.5 Å². The predicted molar refractivity (Wildman–Crippen MR) is 113 cm³/mol. The van der Waals surface area contributed by atoms with Gasteiger partial charge in [-0.2, -0.15) is 0 Å². The summed E-state index contributed by atoms with van der Waals surface area (Å²) in [5.41, 5.74) is 2.76. The Balaban J connectivity index is 1.59. The Hall–Kier alpha value is -2.24. The van der Waals surface area contributed by atoms with Gasteiger partial charge in [-0.3, -0.25) is 4.90 Å². The number of hydrogen-bond donors (Lipinski definition) is 3. The van der Waals surface area contributed by atoms with Crippen molar-refractivity contribution in [3.63, 3.8) is 0 Å². The van der Waals surface area contributed by atoms with Gasteiger partial charge in [-0.15, -0.1) is 0 Å². The van der Waals surface area contributed by atoms with Gasteiger partial charge in [0.25, 0.3) is 0 Å². The Labute approximate surface area is 166 Å². The molecule has 0 amide bonds. The van der Waals surface area contributed by atoms with Gasteiger partial charge in [0.1, 0.15) is 0 Å². The zero-order chi connectivity index (χ0) is 20.1. The zero-order valence-electron chi connectivity index (χ0n) is 16.5. The van der Waals surface area contributed by atoms with Gasteiger partial charge >= 0.3 is 0 Å². The summed E-state index contributed by atoms with van der Waals surface area (Å²) >= 11 is 0. The quantitative estimate of drug-likeness (QED) is 0.557. The van der Waals surface area contributed by atoms with Gasteiger partial charge in [0, 0.05) is 19.0 Å². The van der Waals surface area contributed by atoms with Crippen molar-refractivity contribution in [1.29, 1.82) is 0 Å². The number of aliphatic hydroxyl groups excluding tert-OH is 3. The molecule has 0 bridgehead atoms. The van der Waals surface area contributed by atoms with Crippen molar-refractivity contribution < 1.29 is 15.3 Å². The first-order valence-corrected chi connectivity index (χ1v) is 9.72. The van der Waals surface area contributed by atoms with E-state index in [1.165, 1.54) is 16.3 Å². The van der Waals surface area contributed by atoms with Crippen LogP contribution in [0.15, 0.2) is 66.7 Å². The SMILES string of the molecule is C[C@H](c1ccc2ccccc2c1)N(C)C[C@H](O)C[C@H](O)c1ccc(CO)cc1. The van der Waals surface area contributed by atoms with Crippen molar-refractivity contribution in [2.45, 2.75) is 38.2 Å². The highest BCUT2D eigenvalue weighted by molar-refractivity contribution is 5.83. The lowest BCUT2D eigenvalue weighted by Gasteiger charge is -2.28. The molecule has 0 saturated carbocycles. The molecule has 0 spiro atoms. The molecule has 0 radical (unpaired) electrons. The predicted octanol–water partition coefficient (Wildman–Crippen LogP) is 3.81. The third-order valence-corrected chi connectivity index (χ3v) is 5.46. The molecule has 4 nitrogen and oxygen atoms in total. The summed E-state index contributed by atoms with van der Waals surface area (Å²) < 4.78 is 0. The first kappa shape index (κ1) is 20.5. The maximum absolute atomic E-state index is 10.5. The summed E-state index contributed by atoms with van der Waals surface area (Å²) in [4.78, 5) is 2.11. The van der Waals surface area contributed by atoms with Crippen LogP contribution in [0.2, 0.25) is 0 Å². The highest BCUT2D eigenvalue weighted by Gasteiger charge is 2.19. The summed E-state index contributed by atoms with van der Waals surface area (Å²) in [5.74, 6) is 0. The van der Waals surface area contributed by atoms with Gasteiger partial charge in [-0.25, -0.2) is 0 Å². The first-order valence-electron chi connectivity index (χ1n) is 9.72. The Bertz CT molecular complexity index is 894. The molecule has 0 saturated heterocycles. The number of rotatable bonds is 8. The molecule has 3 rings (SSSR count). The first-order chi connectivity index (χ1) is 13.5. The molecule has 3 N–H and O–H groups in total. The van der Waals surface area contributed by atoms with Crippen LogP contribution in [0.1, 0.15) is 42.2 Å².